The molecular formula is C13H16Cl2N4. The topological polar surface area (TPSA) is 42.7 Å². The molecule has 0 amide bonds. The number of aromatic nitrogens is 3. The molecule has 0 aliphatic rings. The molecule has 1 N–H and O–H groups in total. The first-order valence-corrected chi connectivity index (χ1v) is 6.92. The van der Waals surface area contributed by atoms with Crippen LogP contribution in [-0.4, -0.2) is 14.8 Å². The normalized spacial score (nSPS) is 12.6. The summed E-state index contributed by atoms with van der Waals surface area (Å²) >= 11 is 12.1. The molecule has 0 radical (unpaired) electrons. The van der Waals surface area contributed by atoms with E-state index in [0.717, 1.165) is 17.9 Å². The van der Waals surface area contributed by atoms with Gasteiger partial charge in [-0.2, -0.15) is 5.10 Å². The third-order valence-corrected chi connectivity index (χ3v) is 3.55. The molecule has 0 spiro atoms. The van der Waals surface area contributed by atoms with Gasteiger partial charge in [-0.05, 0) is 31.5 Å². The molecule has 1 atom stereocenters. The fourth-order valence-electron chi connectivity index (χ4n) is 1.90. The van der Waals surface area contributed by atoms with Crippen molar-refractivity contribution in [3.05, 3.63) is 46.0 Å². The molecule has 1 aromatic heterocycles. The van der Waals surface area contributed by atoms with Crippen molar-refractivity contribution in [2.75, 3.05) is 0 Å². The summed E-state index contributed by atoms with van der Waals surface area (Å²) < 4.78 is 1.86. The van der Waals surface area contributed by atoms with E-state index in [4.69, 9.17) is 23.2 Å². The zero-order chi connectivity index (χ0) is 13.8. The first-order chi connectivity index (χ1) is 9.11. The Morgan fingerprint density at radius 3 is 2.84 bits per heavy atom. The Morgan fingerprint density at radius 1 is 1.37 bits per heavy atom. The zero-order valence-corrected chi connectivity index (χ0v) is 12.4. The van der Waals surface area contributed by atoms with E-state index in [1.165, 1.54) is 0 Å². The second-order valence-corrected chi connectivity index (χ2v) is 5.10. The van der Waals surface area contributed by atoms with E-state index in [0.29, 0.717) is 16.6 Å². The smallest absolute Gasteiger partial charge is 0.140 e. The van der Waals surface area contributed by atoms with Crippen LogP contribution in [0.15, 0.2) is 24.5 Å². The van der Waals surface area contributed by atoms with Crippen LogP contribution in [-0.2, 0) is 13.1 Å². The van der Waals surface area contributed by atoms with Crippen LogP contribution < -0.4 is 5.32 Å². The van der Waals surface area contributed by atoms with Crippen molar-refractivity contribution in [2.24, 2.45) is 0 Å². The second-order valence-electron chi connectivity index (χ2n) is 4.26. The molecule has 1 unspecified atom stereocenters. The van der Waals surface area contributed by atoms with Gasteiger partial charge in [-0.25, -0.2) is 9.67 Å². The van der Waals surface area contributed by atoms with Crippen LogP contribution in [0.3, 0.4) is 0 Å². The maximum atomic E-state index is 6.19. The Labute approximate surface area is 122 Å². The quantitative estimate of drug-likeness (QED) is 0.919. The van der Waals surface area contributed by atoms with Gasteiger partial charge in [0, 0.05) is 22.6 Å². The fraction of sp³-hybridized carbons (Fsp3) is 0.385. The number of benzene rings is 1. The molecular weight excluding hydrogens is 283 g/mol. The van der Waals surface area contributed by atoms with Crippen molar-refractivity contribution in [3.63, 3.8) is 0 Å². The summed E-state index contributed by atoms with van der Waals surface area (Å²) in [5, 5.41) is 8.84. The van der Waals surface area contributed by atoms with E-state index in [1.807, 2.05) is 23.7 Å². The van der Waals surface area contributed by atoms with E-state index in [2.05, 4.69) is 22.3 Å². The van der Waals surface area contributed by atoms with Gasteiger partial charge in [0.1, 0.15) is 12.2 Å². The first-order valence-electron chi connectivity index (χ1n) is 6.16. The van der Waals surface area contributed by atoms with E-state index in [1.54, 1.807) is 12.4 Å². The van der Waals surface area contributed by atoms with E-state index in [-0.39, 0.29) is 6.04 Å². The minimum Gasteiger partial charge on any atom is -0.303 e. The van der Waals surface area contributed by atoms with Crippen LogP contribution in [0.2, 0.25) is 10.0 Å². The lowest BCUT2D eigenvalue weighted by atomic mass is 10.1. The predicted molar refractivity (Wildman–Crippen MR) is 77.4 cm³/mol. The van der Waals surface area contributed by atoms with Gasteiger partial charge in [0.05, 0.1) is 6.54 Å². The highest BCUT2D eigenvalue weighted by Gasteiger charge is 2.11. The average molecular weight is 299 g/mol. The minimum atomic E-state index is 0.117. The Balaban J connectivity index is 2.03. The molecule has 1 aromatic carbocycles. The number of hydrogen-bond donors (Lipinski definition) is 1. The Hall–Kier alpha value is -1.10. The lowest BCUT2D eigenvalue weighted by Gasteiger charge is -2.15. The predicted octanol–water partition coefficient (Wildman–Crippen LogP) is 3.46. The summed E-state index contributed by atoms with van der Waals surface area (Å²) in [7, 11) is 0. The molecule has 2 aromatic rings. The van der Waals surface area contributed by atoms with Gasteiger partial charge in [0.15, 0.2) is 0 Å². The summed E-state index contributed by atoms with van der Waals surface area (Å²) in [6.45, 7) is 5.56. The molecule has 1 heterocycles. The Bertz CT molecular complexity index is 553. The Morgan fingerprint density at radius 2 is 2.16 bits per heavy atom. The SMILES string of the molecule is CCn1ncnc1CNC(C)c1ccc(Cl)cc1Cl. The third kappa shape index (κ3) is 3.47. The number of rotatable bonds is 5. The molecule has 0 saturated heterocycles. The Kier molecular flexibility index (Phi) is 4.80. The number of nitrogens with one attached hydrogen (secondary N) is 1. The molecule has 2 rings (SSSR count). The molecule has 4 nitrogen and oxygen atoms in total. The van der Waals surface area contributed by atoms with Gasteiger partial charge < -0.3 is 5.32 Å². The summed E-state index contributed by atoms with van der Waals surface area (Å²) in [5.74, 6) is 0.916. The standard InChI is InChI=1S/C13H16Cl2N4/c1-3-19-13(17-8-18-19)7-16-9(2)11-5-4-10(14)6-12(11)15/h4-6,8-9,16H,3,7H2,1-2H3. The molecule has 19 heavy (non-hydrogen) atoms. The molecule has 0 fully saturated rings. The van der Waals surface area contributed by atoms with Gasteiger partial charge in [-0.15, -0.1) is 0 Å². The maximum Gasteiger partial charge on any atom is 0.140 e. The lowest BCUT2D eigenvalue weighted by molar-refractivity contribution is 0.524. The van der Waals surface area contributed by atoms with Gasteiger partial charge in [0.25, 0.3) is 0 Å². The van der Waals surface area contributed by atoms with Crippen molar-refractivity contribution in [1.82, 2.24) is 20.1 Å². The average Bonchev–Trinajstić information content (AvgIpc) is 2.83. The number of hydrogen-bond acceptors (Lipinski definition) is 3. The van der Waals surface area contributed by atoms with Crippen molar-refractivity contribution in [2.45, 2.75) is 33.0 Å². The zero-order valence-electron chi connectivity index (χ0n) is 10.9. The van der Waals surface area contributed by atoms with Gasteiger partial charge >= 0.3 is 0 Å². The van der Waals surface area contributed by atoms with Gasteiger partial charge in [-0.1, -0.05) is 29.3 Å². The van der Waals surface area contributed by atoms with Crippen LogP contribution in [0.4, 0.5) is 0 Å². The molecule has 0 aliphatic carbocycles. The monoisotopic (exact) mass is 298 g/mol. The summed E-state index contributed by atoms with van der Waals surface area (Å²) in [6, 6.07) is 5.65. The molecule has 6 heteroatoms. The van der Waals surface area contributed by atoms with Crippen molar-refractivity contribution < 1.29 is 0 Å². The largest absolute Gasteiger partial charge is 0.303 e. The first kappa shape index (κ1) is 14.3. The number of halogens is 2. The number of aryl methyl sites for hydroxylation is 1. The van der Waals surface area contributed by atoms with Crippen LogP contribution >= 0.6 is 23.2 Å². The van der Waals surface area contributed by atoms with E-state index in [9.17, 15) is 0 Å². The van der Waals surface area contributed by atoms with Crippen molar-refractivity contribution in [1.29, 1.82) is 0 Å². The highest BCUT2D eigenvalue weighted by atomic mass is 35.5. The second kappa shape index (κ2) is 6.37. The van der Waals surface area contributed by atoms with Crippen molar-refractivity contribution in [3.8, 4) is 0 Å². The van der Waals surface area contributed by atoms with Crippen LogP contribution in [0.5, 0.6) is 0 Å². The van der Waals surface area contributed by atoms with Crippen LogP contribution in [0, 0.1) is 0 Å². The minimum absolute atomic E-state index is 0.117. The van der Waals surface area contributed by atoms with Gasteiger partial charge in [0.2, 0.25) is 0 Å². The van der Waals surface area contributed by atoms with Crippen molar-refractivity contribution >= 4 is 23.2 Å². The van der Waals surface area contributed by atoms with E-state index < -0.39 is 0 Å². The van der Waals surface area contributed by atoms with E-state index >= 15 is 0 Å². The van der Waals surface area contributed by atoms with Crippen LogP contribution in [0.1, 0.15) is 31.3 Å². The lowest BCUT2D eigenvalue weighted by Crippen LogP contribution is -2.21. The van der Waals surface area contributed by atoms with Gasteiger partial charge in [-0.3, -0.25) is 0 Å². The number of nitrogens with zero attached hydrogens (tertiary/aromatic N) is 3. The molecule has 0 saturated carbocycles. The molecule has 0 aliphatic heterocycles. The molecule has 0 bridgehead atoms. The highest BCUT2D eigenvalue weighted by molar-refractivity contribution is 6.35. The third-order valence-electron chi connectivity index (χ3n) is 2.99. The fourth-order valence-corrected chi connectivity index (χ4v) is 2.47. The maximum absolute atomic E-state index is 6.19. The summed E-state index contributed by atoms with van der Waals surface area (Å²) in [5.41, 5.74) is 1.02. The summed E-state index contributed by atoms with van der Waals surface area (Å²) in [4.78, 5) is 4.22. The van der Waals surface area contributed by atoms with Crippen LogP contribution in [0.25, 0.3) is 0 Å². The summed E-state index contributed by atoms with van der Waals surface area (Å²) in [6.07, 6.45) is 1.57. The highest BCUT2D eigenvalue weighted by Crippen LogP contribution is 2.26. The molecule has 102 valence electrons.